The van der Waals surface area contributed by atoms with E-state index in [9.17, 15) is 4.79 Å². The third-order valence-corrected chi connectivity index (χ3v) is 2.19. The lowest BCUT2D eigenvalue weighted by molar-refractivity contribution is 0.0699. The van der Waals surface area contributed by atoms with Gasteiger partial charge in [0, 0.05) is 6.20 Å². The SMILES string of the molecule is Nc1c[nH]c(-c2ccccc2)c1C(=O)O. The summed E-state index contributed by atoms with van der Waals surface area (Å²) in [4.78, 5) is 13.8. The molecule has 1 aromatic heterocycles. The number of nitrogens with two attached hydrogens (primary N) is 1. The van der Waals surface area contributed by atoms with Crippen molar-refractivity contribution in [3.8, 4) is 11.3 Å². The standard InChI is InChI=1S/C11H10N2O2/c12-8-6-13-10(9(8)11(14)15)7-4-2-1-3-5-7/h1-6,13H,12H2,(H,14,15). The molecule has 0 spiro atoms. The minimum Gasteiger partial charge on any atom is -0.478 e. The summed E-state index contributed by atoms with van der Waals surface area (Å²) in [7, 11) is 0. The fraction of sp³-hybridized carbons (Fsp3) is 0. The van der Waals surface area contributed by atoms with Crippen LogP contribution in [0.15, 0.2) is 36.5 Å². The molecule has 4 heteroatoms. The molecular formula is C11H10N2O2. The van der Waals surface area contributed by atoms with Gasteiger partial charge in [-0.3, -0.25) is 0 Å². The highest BCUT2D eigenvalue weighted by Crippen LogP contribution is 2.26. The van der Waals surface area contributed by atoms with Gasteiger partial charge in [0.15, 0.2) is 0 Å². The lowest BCUT2D eigenvalue weighted by Gasteiger charge is -2.00. The number of hydrogen-bond acceptors (Lipinski definition) is 2. The molecular weight excluding hydrogens is 192 g/mol. The maximum Gasteiger partial charge on any atom is 0.340 e. The van der Waals surface area contributed by atoms with Gasteiger partial charge in [0.05, 0.1) is 11.4 Å². The Morgan fingerprint density at radius 1 is 1.27 bits per heavy atom. The summed E-state index contributed by atoms with van der Waals surface area (Å²) in [6.07, 6.45) is 1.49. The third kappa shape index (κ3) is 1.57. The zero-order chi connectivity index (χ0) is 10.8. The van der Waals surface area contributed by atoms with Crippen LogP contribution in [0.1, 0.15) is 10.4 Å². The van der Waals surface area contributed by atoms with Crippen molar-refractivity contribution >= 4 is 11.7 Å². The molecule has 0 radical (unpaired) electrons. The molecule has 0 atom stereocenters. The highest BCUT2D eigenvalue weighted by molar-refractivity contribution is 6.00. The van der Waals surface area contributed by atoms with Crippen LogP contribution < -0.4 is 5.73 Å². The molecule has 2 aromatic rings. The van der Waals surface area contributed by atoms with E-state index in [4.69, 9.17) is 10.8 Å². The Bertz CT molecular complexity index is 489. The number of nitrogens with one attached hydrogen (secondary N) is 1. The second-order valence-electron chi connectivity index (χ2n) is 3.17. The van der Waals surface area contributed by atoms with Crippen LogP contribution >= 0.6 is 0 Å². The zero-order valence-electron chi connectivity index (χ0n) is 7.90. The Hall–Kier alpha value is -2.23. The summed E-state index contributed by atoms with van der Waals surface area (Å²) in [5.41, 5.74) is 7.30. The molecule has 0 saturated heterocycles. The summed E-state index contributed by atoms with van der Waals surface area (Å²) >= 11 is 0. The maximum absolute atomic E-state index is 11.0. The van der Waals surface area contributed by atoms with Crippen molar-refractivity contribution in [3.05, 3.63) is 42.1 Å². The molecule has 4 N–H and O–H groups in total. The van der Waals surface area contributed by atoms with Crippen molar-refractivity contribution < 1.29 is 9.90 Å². The fourth-order valence-electron chi connectivity index (χ4n) is 1.50. The number of H-pyrrole nitrogens is 1. The van der Waals surface area contributed by atoms with Crippen LogP contribution in [0.4, 0.5) is 5.69 Å². The number of hydrogen-bond donors (Lipinski definition) is 3. The fourth-order valence-corrected chi connectivity index (χ4v) is 1.50. The van der Waals surface area contributed by atoms with E-state index >= 15 is 0 Å². The number of aromatic carboxylic acids is 1. The van der Waals surface area contributed by atoms with E-state index in [2.05, 4.69) is 4.98 Å². The molecule has 0 unspecified atom stereocenters. The van der Waals surface area contributed by atoms with Gasteiger partial charge in [0.2, 0.25) is 0 Å². The van der Waals surface area contributed by atoms with Gasteiger partial charge in [-0.05, 0) is 5.56 Å². The number of carboxylic acids is 1. The van der Waals surface area contributed by atoms with E-state index in [0.717, 1.165) is 5.56 Å². The number of carbonyl (C=O) groups is 1. The smallest absolute Gasteiger partial charge is 0.340 e. The first kappa shape index (κ1) is 9.33. The first-order valence-electron chi connectivity index (χ1n) is 4.45. The minimum atomic E-state index is -1.02. The topological polar surface area (TPSA) is 79.1 Å². The minimum absolute atomic E-state index is 0.126. The Morgan fingerprint density at radius 3 is 2.53 bits per heavy atom. The Labute approximate surface area is 86.4 Å². The second kappa shape index (κ2) is 3.49. The monoisotopic (exact) mass is 202 g/mol. The molecule has 0 aliphatic rings. The van der Waals surface area contributed by atoms with E-state index in [1.165, 1.54) is 6.20 Å². The number of anilines is 1. The number of aromatic nitrogens is 1. The molecule has 0 aliphatic carbocycles. The van der Waals surface area contributed by atoms with E-state index < -0.39 is 5.97 Å². The van der Waals surface area contributed by atoms with Gasteiger partial charge in [-0.25, -0.2) is 4.79 Å². The van der Waals surface area contributed by atoms with Crippen LogP contribution in [-0.2, 0) is 0 Å². The highest BCUT2D eigenvalue weighted by Gasteiger charge is 2.16. The van der Waals surface area contributed by atoms with Crippen LogP contribution in [-0.4, -0.2) is 16.1 Å². The average molecular weight is 202 g/mol. The number of benzene rings is 1. The van der Waals surface area contributed by atoms with Gasteiger partial charge >= 0.3 is 5.97 Å². The predicted octanol–water partition coefficient (Wildman–Crippen LogP) is 1.96. The van der Waals surface area contributed by atoms with Crippen LogP contribution in [0.25, 0.3) is 11.3 Å². The van der Waals surface area contributed by atoms with E-state index in [0.29, 0.717) is 5.69 Å². The van der Waals surface area contributed by atoms with Crippen molar-refractivity contribution in [2.24, 2.45) is 0 Å². The average Bonchev–Trinajstić information content (AvgIpc) is 2.61. The van der Waals surface area contributed by atoms with Crippen molar-refractivity contribution in [1.82, 2.24) is 4.98 Å². The van der Waals surface area contributed by atoms with Gasteiger partial charge < -0.3 is 15.8 Å². The lowest BCUT2D eigenvalue weighted by atomic mass is 10.1. The van der Waals surface area contributed by atoms with Gasteiger partial charge in [0.25, 0.3) is 0 Å². The Morgan fingerprint density at radius 2 is 1.93 bits per heavy atom. The summed E-state index contributed by atoms with van der Waals surface area (Å²) in [6, 6.07) is 9.22. The first-order chi connectivity index (χ1) is 7.20. The van der Waals surface area contributed by atoms with Gasteiger partial charge in [-0.2, -0.15) is 0 Å². The molecule has 0 bridgehead atoms. The van der Waals surface area contributed by atoms with Crippen LogP contribution in [0.3, 0.4) is 0 Å². The molecule has 0 amide bonds. The van der Waals surface area contributed by atoms with Crippen LogP contribution in [0.5, 0.6) is 0 Å². The number of carboxylic acid groups (broad SMARTS) is 1. The number of aromatic amines is 1. The van der Waals surface area contributed by atoms with Crippen molar-refractivity contribution in [1.29, 1.82) is 0 Å². The summed E-state index contributed by atoms with van der Waals surface area (Å²) < 4.78 is 0. The first-order valence-corrected chi connectivity index (χ1v) is 4.45. The normalized spacial score (nSPS) is 10.1. The summed E-state index contributed by atoms with van der Waals surface area (Å²) in [6.45, 7) is 0. The molecule has 0 saturated carbocycles. The molecule has 0 fully saturated rings. The van der Waals surface area contributed by atoms with E-state index in [1.807, 2.05) is 30.3 Å². The molecule has 0 aliphatic heterocycles. The number of rotatable bonds is 2. The quantitative estimate of drug-likeness (QED) is 0.696. The Kier molecular flexibility index (Phi) is 2.17. The van der Waals surface area contributed by atoms with Crippen molar-refractivity contribution in [2.75, 3.05) is 5.73 Å². The maximum atomic E-state index is 11.0. The molecule has 4 nitrogen and oxygen atoms in total. The lowest BCUT2D eigenvalue weighted by Crippen LogP contribution is -2.00. The van der Waals surface area contributed by atoms with Crippen LogP contribution in [0, 0.1) is 0 Å². The van der Waals surface area contributed by atoms with Crippen molar-refractivity contribution in [3.63, 3.8) is 0 Å². The van der Waals surface area contributed by atoms with Crippen molar-refractivity contribution in [2.45, 2.75) is 0 Å². The number of nitrogen functional groups attached to an aromatic ring is 1. The van der Waals surface area contributed by atoms with Gasteiger partial charge in [-0.1, -0.05) is 30.3 Å². The second-order valence-corrected chi connectivity index (χ2v) is 3.17. The van der Waals surface area contributed by atoms with Gasteiger partial charge in [-0.15, -0.1) is 0 Å². The molecule has 76 valence electrons. The Balaban J connectivity index is 2.59. The molecule has 1 heterocycles. The zero-order valence-corrected chi connectivity index (χ0v) is 7.90. The van der Waals surface area contributed by atoms with E-state index in [1.54, 1.807) is 0 Å². The van der Waals surface area contributed by atoms with E-state index in [-0.39, 0.29) is 11.3 Å². The largest absolute Gasteiger partial charge is 0.478 e. The summed E-state index contributed by atoms with van der Waals surface area (Å²) in [5, 5.41) is 9.00. The van der Waals surface area contributed by atoms with Gasteiger partial charge in [0.1, 0.15) is 5.56 Å². The van der Waals surface area contributed by atoms with Crippen LogP contribution in [0.2, 0.25) is 0 Å². The molecule has 1 aromatic carbocycles. The summed E-state index contributed by atoms with van der Waals surface area (Å²) in [5.74, 6) is -1.02. The third-order valence-electron chi connectivity index (χ3n) is 2.19. The highest BCUT2D eigenvalue weighted by atomic mass is 16.4. The molecule has 15 heavy (non-hydrogen) atoms. The predicted molar refractivity (Wildman–Crippen MR) is 57.6 cm³/mol. The molecule has 2 rings (SSSR count).